The normalized spacial score (nSPS) is 17.2. The summed E-state index contributed by atoms with van der Waals surface area (Å²) in [5.41, 5.74) is 16.4. The number of para-hydroxylation sites is 1. The molecule has 0 N–H and O–H groups in total. The van der Waals surface area contributed by atoms with Crippen LogP contribution in [0.5, 0.6) is 0 Å². The van der Waals surface area contributed by atoms with Crippen molar-refractivity contribution in [2.45, 2.75) is 32.1 Å². The molecule has 8 aromatic carbocycles. The standard InChI is InChI=1S/C57H41N3S/c1-57(2)48-26-12-9-21-41(48)46-34-47-42-22-10-13-29-52(42)60(53(47)35-49(46)57)40-32-38(36-17-5-3-6-18-36)31-39(33-40)50-27-16-28-51(59-56(58-50)37-19-7-4-8-20-37)45-25-15-24-44-43-23-11-14-30-54(43)61-55(44)45/h3-15,17-26,28-35H,16,27H2,1-2H3/b51-28-,58-50+,59-56-. The molecule has 2 aliphatic rings. The van der Waals surface area contributed by atoms with Gasteiger partial charge in [0.2, 0.25) is 0 Å². The van der Waals surface area contributed by atoms with E-state index in [1.165, 1.54) is 69.8 Å². The highest BCUT2D eigenvalue weighted by Crippen LogP contribution is 2.51. The van der Waals surface area contributed by atoms with E-state index in [-0.39, 0.29) is 5.41 Å². The summed E-state index contributed by atoms with van der Waals surface area (Å²) in [4.78, 5) is 11.0. The van der Waals surface area contributed by atoms with Gasteiger partial charge in [-0.3, -0.25) is 0 Å². The van der Waals surface area contributed by atoms with Crippen LogP contribution in [0.3, 0.4) is 0 Å². The van der Waals surface area contributed by atoms with Gasteiger partial charge in [-0.05, 0) is 94.3 Å². The Morgan fingerprint density at radius 1 is 0.492 bits per heavy atom. The maximum Gasteiger partial charge on any atom is 0.160 e. The van der Waals surface area contributed by atoms with Crippen molar-refractivity contribution in [3.63, 3.8) is 0 Å². The number of aliphatic imine (C=N–C) groups is 2. The van der Waals surface area contributed by atoms with Gasteiger partial charge in [-0.2, -0.15) is 0 Å². The van der Waals surface area contributed by atoms with Gasteiger partial charge in [0.25, 0.3) is 0 Å². The van der Waals surface area contributed by atoms with E-state index in [1.807, 2.05) is 11.3 Å². The third kappa shape index (κ3) is 5.78. The van der Waals surface area contributed by atoms with E-state index in [9.17, 15) is 0 Å². The first-order valence-electron chi connectivity index (χ1n) is 21.2. The topological polar surface area (TPSA) is 29.6 Å². The van der Waals surface area contributed by atoms with Crippen molar-refractivity contribution in [3.8, 4) is 27.9 Å². The summed E-state index contributed by atoms with van der Waals surface area (Å²) in [6, 6.07) is 66.3. The molecule has 3 nitrogen and oxygen atoms in total. The predicted octanol–water partition coefficient (Wildman–Crippen LogP) is 15.2. The Balaban J connectivity index is 1.07. The molecule has 0 radical (unpaired) electrons. The lowest BCUT2D eigenvalue weighted by atomic mass is 9.82. The van der Waals surface area contributed by atoms with Crippen LogP contribution in [-0.2, 0) is 5.41 Å². The van der Waals surface area contributed by atoms with Gasteiger partial charge in [0.1, 0.15) is 0 Å². The average molecular weight is 800 g/mol. The third-order valence-corrected chi connectivity index (χ3v) is 14.1. The van der Waals surface area contributed by atoms with Crippen molar-refractivity contribution in [2.24, 2.45) is 9.98 Å². The maximum absolute atomic E-state index is 5.57. The molecular weight excluding hydrogens is 759 g/mol. The van der Waals surface area contributed by atoms with Gasteiger partial charge >= 0.3 is 0 Å². The lowest BCUT2D eigenvalue weighted by Gasteiger charge is -2.22. The van der Waals surface area contributed by atoms with Gasteiger partial charge in [-0.1, -0.05) is 159 Å². The molecule has 0 amide bonds. The van der Waals surface area contributed by atoms with Gasteiger partial charge in [-0.25, -0.2) is 9.98 Å². The number of hydrogen-bond donors (Lipinski definition) is 0. The second-order valence-electron chi connectivity index (χ2n) is 16.8. The smallest absolute Gasteiger partial charge is 0.160 e. The number of amidine groups is 1. The van der Waals surface area contributed by atoms with Crippen molar-refractivity contribution in [2.75, 3.05) is 0 Å². The summed E-state index contributed by atoms with van der Waals surface area (Å²) >= 11 is 1.84. The van der Waals surface area contributed by atoms with Gasteiger partial charge in [0, 0.05) is 53.2 Å². The molecule has 0 spiro atoms. The highest BCUT2D eigenvalue weighted by atomic mass is 32.1. The van der Waals surface area contributed by atoms with E-state index >= 15 is 0 Å². The summed E-state index contributed by atoms with van der Waals surface area (Å²) in [5, 5.41) is 5.08. The Hall–Kier alpha value is -7.14. The Morgan fingerprint density at radius 2 is 1.18 bits per heavy atom. The van der Waals surface area contributed by atoms with Crippen LogP contribution in [-0.4, -0.2) is 16.1 Å². The van der Waals surface area contributed by atoms with E-state index in [0.717, 1.165) is 58.0 Å². The van der Waals surface area contributed by atoms with E-state index in [1.54, 1.807) is 0 Å². The Bertz CT molecular complexity index is 3490. The number of nitrogens with zero attached hydrogens (tertiary/aromatic N) is 3. The van der Waals surface area contributed by atoms with E-state index in [0.29, 0.717) is 0 Å². The quantitative estimate of drug-likeness (QED) is 0.166. The summed E-state index contributed by atoms with van der Waals surface area (Å²) in [6.45, 7) is 4.73. The molecule has 12 rings (SSSR count). The minimum absolute atomic E-state index is 0.117. The first kappa shape index (κ1) is 35.8. The Labute approximate surface area is 359 Å². The number of benzene rings is 8. The van der Waals surface area contributed by atoms with Crippen molar-refractivity contribution in [1.82, 2.24) is 4.57 Å². The first-order valence-corrected chi connectivity index (χ1v) is 22.0. The lowest BCUT2D eigenvalue weighted by Crippen LogP contribution is -2.15. The first-order chi connectivity index (χ1) is 30.0. The zero-order valence-electron chi connectivity index (χ0n) is 34.1. The Morgan fingerprint density at radius 3 is 2.03 bits per heavy atom. The number of aromatic nitrogens is 1. The predicted molar refractivity (Wildman–Crippen MR) is 260 cm³/mol. The fraction of sp³-hybridized carbons (Fsp3) is 0.0877. The molecule has 2 aromatic heterocycles. The number of thiophene rings is 1. The van der Waals surface area contributed by atoms with E-state index in [4.69, 9.17) is 9.98 Å². The Kier molecular flexibility index (Phi) is 8.20. The number of fused-ring (bicyclic) bond motifs is 9. The largest absolute Gasteiger partial charge is 0.309 e. The zero-order chi connectivity index (χ0) is 40.7. The molecule has 3 heterocycles. The summed E-state index contributed by atoms with van der Waals surface area (Å²) in [5.74, 6) is 0.723. The number of allylic oxidation sites excluding steroid dienone is 1. The molecule has 0 fully saturated rings. The number of rotatable bonds is 5. The second-order valence-corrected chi connectivity index (χ2v) is 17.9. The summed E-state index contributed by atoms with van der Waals surface area (Å²) in [7, 11) is 0. The van der Waals surface area contributed by atoms with Gasteiger partial charge in [0.05, 0.1) is 22.4 Å². The van der Waals surface area contributed by atoms with Crippen LogP contribution in [0.4, 0.5) is 0 Å². The fourth-order valence-corrected chi connectivity index (χ4v) is 11.1. The summed E-state index contributed by atoms with van der Waals surface area (Å²) in [6.07, 6.45) is 3.90. The molecule has 1 aliphatic carbocycles. The van der Waals surface area contributed by atoms with Crippen LogP contribution >= 0.6 is 11.3 Å². The lowest BCUT2D eigenvalue weighted by molar-refractivity contribution is 0.661. The van der Waals surface area contributed by atoms with Crippen LogP contribution in [0.15, 0.2) is 198 Å². The van der Waals surface area contributed by atoms with Crippen LogP contribution in [0.25, 0.3) is 75.6 Å². The fourth-order valence-electron chi connectivity index (χ4n) is 9.90. The van der Waals surface area contributed by atoms with Crippen LogP contribution in [0.1, 0.15) is 54.5 Å². The van der Waals surface area contributed by atoms with Crippen molar-refractivity contribution < 1.29 is 0 Å². The second kappa shape index (κ2) is 14.0. The molecule has 61 heavy (non-hydrogen) atoms. The molecule has 1 aliphatic heterocycles. The zero-order valence-corrected chi connectivity index (χ0v) is 34.9. The van der Waals surface area contributed by atoms with Crippen LogP contribution < -0.4 is 0 Å². The molecule has 0 saturated carbocycles. The monoisotopic (exact) mass is 799 g/mol. The highest BCUT2D eigenvalue weighted by Gasteiger charge is 2.36. The van der Waals surface area contributed by atoms with Gasteiger partial charge in [0.15, 0.2) is 5.84 Å². The van der Waals surface area contributed by atoms with E-state index in [2.05, 4.69) is 206 Å². The molecule has 0 atom stereocenters. The number of hydrogen-bond acceptors (Lipinski definition) is 3. The molecule has 290 valence electrons. The molecule has 0 bridgehead atoms. The van der Waals surface area contributed by atoms with Crippen molar-refractivity contribution in [1.29, 1.82) is 0 Å². The van der Waals surface area contributed by atoms with Crippen molar-refractivity contribution in [3.05, 3.63) is 216 Å². The molecule has 0 saturated heterocycles. The maximum atomic E-state index is 5.57. The third-order valence-electron chi connectivity index (χ3n) is 12.9. The molecule has 0 unspecified atom stereocenters. The van der Waals surface area contributed by atoms with E-state index < -0.39 is 0 Å². The van der Waals surface area contributed by atoms with Crippen LogP contribution in [0, 0.1) is 0 Å². The summed E-state index contributed by atoms with van der Waals surface area (Å²) < 4.78 is 5.04. The SMILES string of the molecule is CC1(C)c2ccccc2-c2cc3c4ccccc4n(-c4cc(/C5=N/C(c6ccccc6)=N\C(c6cccc7c6sc6ccccc67)=C/CC5)cc(-c5ccccc5)c4)c3cc21. The van der Waals surface area contributed by atoms with Crippen molar-refractivity contribution >= 4 is 70.6 Å². The minimum atomic E-state index is -0.117. The molecule has 4 heteroatoms. The van der Waals surface area contributed by atoms with Gasteiger partial charge < -0.3 is 4.57 Å². The highest BCUT2D eigenvalue weighted by molar-refractivity contribution is 7.26. The molecular formula is C57H41N3S. The molecule has 10 aromatic rings. The minimum Gasteiger partial charge on any atom is -0.309 e. The van der Waals surface area contributed by atoms with Gasteiger partial charge in [-0.15, -0.1) is 11.3 Å². The average Bonchev–Trinajstić information content (AvgIpc) is 3.92. The van der Waals surface area contributed by atoms with Crippen LogP contribution in [0.2, 0.25) is 0 Å².